The molecule has 0 aromatic heterocycles. The summed E-state index contributed by atoms with van der Waals surface area (Å²) < 4.78 is 5.06. The van der Waals surface area contributed by atoms with Gasteiger partial charge in [0.2, 0.25) is 0 Å². The van der Waals surface area contributed by atoms with Crippen molar-refractivity contribution in [3.8, 4) is 0 Å². The lowest BCUT2D eigenvalue weighted by molar-refractivity contribution is -0.144. The van der Waals surface area contributed by atoms with E-state index in [1.807, 2.05) is 19.1 Å². The molecule has 0 aliphatic rings. The summed E-state index contributed by atoms with van der Waals surface area (Å²) in [6.07, 6.45) is 0.313. The molecule has 5 heteroatoms. The van der Waals surface area contributed by atoms with E-state index in [1.54, 1.807) is 6.07 Å². The van der Waals surface area contributed by atoms with Crippen LogP contribution in [-0.2, 0) is 9.53 Å². The van der Waals surface area contributed by atoms with Gasteiger partial charge in [-0.05, 0) is 37.7 Å². The second-order valence-corrected chi connectivity index (χ2v) is 5.23. The van der Waals surface area contributed by atoms with Gasteiger partial charge in [-0.1, -0.05) is 43.1 Å². The zero-order chi connectivity index (χ0) is 15.1. The molecule has 0 aliphatic heterocycles. The van der Waals surface area contributed by atoms with E-state index in [4.69, 9.17) is 27.9 Å². The minimum atomic E-state index is -0.199. The van der Waals surface area contributed by atoms with Gasteiger partial charge in [0, 0.05) is 6.04 Å². The first-order valence-corrected chi connectivity index (χ1v) is 7.63. The van der Waals surface area contributed by atoms with Crippen LogP contribution in [-0.4, -0.2) is 30.6 Å². The number of hydrogen-bond donors (Lipinski definition) is 0. The Balaban J connectivity index is 3.02. The summed E-state index contributed by atoms with van der Waals surface area (Å²) in [6, 6.07) is 5.46. The average Bonchev–Trinajstić information content (AvgIpc) is 2.42. The van der Waals surface area contributed by atoms with Crippen molar-refractivity contribution in [1.82, 2.24) is 4.90 Å². The van der Waals surface area contributed by atoms with Gasteiger partial charge < -0.3 is 4.74 Å². The Morgan fingerprint density at radius 2 is 1.85 bits per heavy atom. The van der Waals surface area contributed by atoms with Gasteiger partial charge in [-0.3, -0.25) is 9.69 Å². The third-order valence-electron chi connectivity index (χ3n) is 3.25. The summed E-state index contributed by atoms with van der Waals surface area (Å²) in [5.41, 5.74) is 0.983. The molecule has 0 aliphatic carbocycles. The predicted octanol–water partition coefficient (Wildman–Crippen LogP) is 4.33. The van der Waals surface area contributed by atoms with E-state index in [9.17, 15) is 4.79 Å². The van der Waals surface area contributed by atoms with Crippen molar-refractivity contribution in [3.05, 3.63) is 33.8 Å². The molecular weight excluding hydrogens is 297 g/mol. The normalized spacial score (nSPS) is 12.5. The molecule has 0 saturated carbocycles. The van der Waals surface area contributed by atoms with Crippen LogP contribution in [0.5, 0.6) is 0 Å². The molecular formula is C15H21Cl2NO2. The highest BCUT2D eigenvalue weighted by Gasteiger charge is 2.22. The van der Waals surface area contributed by atoms with E-state index in [1.165, 1.54) is 0 Å². The van der Waals surface area contributed by atoms with E-state index in [2.05, 4.69) is 18.7 Å². The molecule has 1 unspecified atom stereocenters. The van der Waals surface area contributed by atoms with E-state index >= 15 is 0 Å². The molecule has 0 bridgehead atoms. The average molecular weight is 318 g/mol. The Hall–Kier alpha value is -0.770. The van der Waals surface area contributed by atoms with Gasteiger partial charge in [-0.25, -0.2) is 0 Å². The molecule has 0 spiro atoms. The molecule has 1 rings (SSSR count). The van der Waals surface area contributed by atoms with Crippen LogP contribution < -0.4 is 0 Å². The van der Waals surface area contributed by atoms with Crippen LogP contribution >= 0.6 is 23.2 Å². The molecule has 20 heavy (non-hydrogen) atoms. The summed E-state index contributed by atoms with van der Waals surface area (Å²) in [4.78, 5) is 14.0. The summed E-state index contributed by atoms with van der Waals surface area (Å²) >= 11 is 12.0. The van der Waals surface area contributed by atoms with E-state index in [-0.39, 0.29) is 12.0 Å². The monoisotopic (exact) mass is 317 g/mol. The minimum Gasteiger partial charge on any atom is -0.466 e. The van der Waals surface area contributed by atoms with Gasteiger partial charge >= 0.3 is 5.97 Å². The highest BCUT2D eigenvalue weighted by Crippen LogP contribution is 2.30. The lowest BCUT2D eigenvalue weighted by Gasteiger charge is -2.29. The van der Waals surface area contributed by atoms with Crippen LogP contribution in [0.4, 0.5) is 0 Å². The van der Waals surface area contributed by atoms with Crippen LogP contribution in [0.3, 0.4) is 0 Å². The summed E-state index contributed by atoms with van der Waals surface area (Å²) in [5, 5.41) is 1.02. The lowest BCUT2D eigenvalue weighted by atomic mass is 10.0. The first-order valence-electron chi connectivity index (χ1n) is 6.88. The van der Waals surface area contributed by atoms with Gasteiger partial charge in [0.1, 0.15) is 0 Å². The summed E-state index contributed by atoms with van der Waals surface area (Å²) in [6.45, 7) is 8.04. The topological polar surface area (TPSA) is 29.5 Å². The van der Waals surface area contributed by atoms with Gasteiger partial charge in [0.05, 0.1) is 23.1 Å². The molecule has 1 atom stereocenters. The van der Waals surface area contributed by atoms with Crippen LogP contribution in [0.15, 0.2) is 18.2 Å². The maximum atomic E-state index is 11.8. The number of esters is 1. The SMILES string of the molecule is CCOC(=O)CC(c1ccc(Cl)c(Cl)c1)N(CC)CC. The Kier molecular flexibility index (Phi) is 7.35. The maximum absolute atomic E-state index is 11.8. The molecule has 1 aromatic rings. The van der Waals surface area contributed by atoms with Crippen molar-refractivity contribution in [3.63, 3.8) is 0 Å². The quantitative estimate of drug-likeness (QED) is 0.701. The number of hydrogen-bond acceptors (Lipinski definition) is 3. The second-order valence-electron chi connectivity index (χ2n) is 4.42. The van der Waals surface area contributed by atoms with Crippen molar-refractivity contribution in [2.45, 2.75) is 33.2 Å². The van der Waals surface area contributed by atoms with Crippen LogP contribution in [0.2, 0.25) is 10.0 Å². The maximum Gasteiger partial charge on any atom is 0.307 e. The number of carbonyl (C=O) groups excluding carboxylic acids is 1. The fourth-order valence-electron chi connectivity index (χ4n) is 2.22. The molecule has 0 amide bonds. The fraction of sp³-hybridized carbons (Fsp3) is 0.533. The number of benzene rings is 1. The Morgan fingerprint density at radius 3 is 2.35 bits per heavy atom. The van der Waals surface area contributed by atoms with Crippen molar-refractivity contribution in [2.75, 3.05) is 19.7 Å². The first kappa shape index (κ1) is 17.3. The highest BCUT2D eigenvalue weighted by molar-refractivity contribution is 6.42. The van der Waals surface area contributed by atoms with Crippen LogP contribution in [0, 0.1) is 0 Å². The van der Waals surface area contributed by atoms with E-state index in [0.29, 0.717) is 23.1 Å². The Bertz CT molecular complexity index is 447. The zero-order valence-electron chi connectivity index (χ0n) is 12.2. The predicted molar refractivity (Wildman–Crippen MR) is 83.4 cm³/mol. The summed E-state index contributed by atoms with van der Waals surface area (Å²) in [7, 11) is 0. The molecule has 0 radical (unpaired) electrons. The van der Waals surface area contributed by atoms with E-state index < -0.39 is 0 Å². The minimum absolute atomic E-state index is 0.0428. The van der Waals surface area contributed by atoms with Gasteiger partial charge in [0.25, 0.3) is 0 Å². The summed E-state index contributed by atoms with van der Waals surface area (Å²) in [5.74, 6) is -0.199. The largest absolute Gasteiger partial charge is 0.466 e. The molecule has 0 fully saturated rings. The molecule has 112 valence electrons. The number of carbonyl (C=O) groups is 1. The van der Waals surface area contributed by atoms with Crippen molar-refractivity contribution >= 4 is 29.2 Å². The van der Waals surface area contributed by atoms with E-state index in [0.717, 1.165) is 18.7 Å². The Morgan fingerprint density at radius 1 is 1.20 bits per heavy atom. The Labute approximate surface area is 130 Å². The fourth-order valence-corrected chi connectivity index (χ4v) is 2.53. The van der Waals surface area contributed by atoms with Gasteiger partial charge in [-0.15, -0.1) is 0 Å². The number of rotatable bonds is 7. The molecule has 0 heterocycles. The van der Waals surface area contributed by atoms with Crippen LogP contribution in [0.1, 0.15) is 38.8 Å². The number of ether oxygens (including phenoxy) is 1. The van der Waals surface area contributed by atoms with Crippen molar-refractivity contribution in [1.29, 1.82) is 0 Å². The number of nitrogens with zero attached hydrogens (tertiary/aromatic N) is 1. The lowest BCUT2D eigenvalue weighted by Crippen LogP contribution is -2.30. The van der Waals surface area contributed by atoms with Crippen molar-refractivity contribution < 1.29 is 9.53 Å². The smallest absolute Gasteiger partial charge is 0.307 e. The molecule has 1 aromatic carbocycles. The van der Waals surface area contributed by atoms with Gasteiger partial charge in [-0.2, -0.15) is 0 Å². The standard InChI is InChI=1S/C15H21Cl2NO2/c1-4-18(5-2)14(10-15(19)20-6-3)11-7-8-12(16)13(17)9-11/h7-9,14H,4-6,10H2,1-3H3. The zero-order valence-corrected chi connectivity index (χ0v) is 13.7. The third kappa shape index (κ3) is 4.65. The highest BCUT2D eigenvalue weighted by atomic mass is 35.5. The molecule has 0 N–H and O–H groups in total. The first-order chi connectivity index (χ1) is 9.53. The van der Waals surface area contributed by atoms with Crippen molar-refractivity contribution in [2.24, 2.45) is 0 Å². The number of halogens is 2. The third-order valence-corrected chi connectivity index (χ3v) is 3.99. The second kappa shape index (κ2) is 8.50. The molecule has 0 saturated heterocycles. The van der Waals surface area contributed by atoms with Crippen LogP contribution in [0.25, 0.3) is 0 Å². The molecule has 3 nitrogen and oxygen atoms in total. The van der Waals surface area contributed by atoms with Gasteiger partial charge in [0.15, 0.2) is 0 Å².